The number of benzene rings is 3. The summed E-state index contributed by atoms with van der Waals surface area (Å²) in [5, 5.41) is 4.53. The van der Waals surface area contributed by atoms with Crippen LogP contribution in [-0.2, 0) is 32.6 Å². The van der Waals surface area contributed by atoms with Gasteiger partial charge in [-0.2, -0.15) is 0 Å². The van der Waals surface area contributed by atoms with E-state index in [4.69, 9.17) is 34.8 Å². The largest absolute Gasteiger partial charge is 0.352 e. The molecule has 1 aliphatic carbocycles. The molecule has 1 saturated carbocycles. The second-order valence-electron chi connectivity index (χ2n) is 10.9. The lowest BCUT2D eigenvalue weighted by Crippen LogP contribution is -2.52. The molecule has 11 heteroatoms. The Balaban J connectivity index is 1.60. The number of nitrogens with one attached hydrogen (secondary N) is 1. The standard InChI is InChI=1S/C32H36Cl3N3O4S/c1-43(41,42)38(28-17-15-25(33)16-18-28)19-7-12-31(39)37(22-24-13-14-26(34)21-29(24)35)30(20-23-8-3-2-4-9-23)32(40)36-27-10-5-6-11-27/h2-4,8-9,13-18,21,27,30H,5-7,10-12,19-20,22H2,1H3,(H,36,40)/t30-/m1/s1. The zero-order valence-electron chi connectivity index (χ0n) is 24.0. The number of carbonyl (C=O) groups is 2. The van der Waals surface area contributed by atoms with Gasteiger partial charge in [-0.25, -0.2) is 8.42 Å². The van der Waals surface area contributed by atoms with Crippen molar-refractivity contribution in [3.63, 3.8) is 0 Å². The molecule has 3 aromatic rings. The van der Waals surface area contributed by atoms with E-state index < -0.39 is 16.1 Å². The van der Waals surface area contributed by atoms with Gasteiger partial charge >= 0.3 is 0 Å². The predicted octanol–water partition coefficient (Wildman–Crippen LogP) is 6.89. The van der Waals surface area contributed by atoms with Gasteiger partial charge in [0, 0.05) is 47.0 Å². The lowest BCUT2D eigenvalue weighted by Gasteiger charge is -2.33. The zero-order chi connectivity index (χ0) is 31.0. The van der Waals surface area contributed by atoms with Gasteiger partial charge in [-0.05, 0) is 66.8 Å². The van der Waals surface area contributed by atoms with Crippen molar-refractivity contribution in [1.82, 2.24) is 10.2 Å². The first kappa shape index (κ1) is 33.1. The van der Waals surface area contributed by atoms with Gasteiger partial charge in [-0.15, -0.1) is 0 Å². The average Bonchev–Trinajstić information content (AvgIpc) is 3.47. The Hall–Kier alpha value is -2.78. The van der Waals surface area contributed by atoms with Crippen LogP contribution in [0.5, 0.6) is 0 Å². The minimum atomic E-state index is -3.62. The van der Waals surface area contributed by atoms with Gasteiger partial charge in [-0.3, -0.25) is 13.9 Å². The van der Waals surface area contributed by atoms with Gasteiger partial charge in [-0.1, -0.05) is 84.0 Å². The summed E-state index contributed by atoms with van der Waals surface area (Å²) in [6.45, 7) is 0.177. The van der Waals surface area contributed by atoms with Crippen molar-refractivity contribution in [1.29, 1.82) is 0 Å². The van der Waals surface area contributed by atoms with E-state index >= 15 is 0 Å². The van der Waals surface area contributed by atoms with Gasteiger partial charge in [0.2, 0.25) is 21.8 Å². The number of anilines is 1. The summed E-state index contributed by atoms with van der Waals surface area (Å²) in [5.74, 6) is -0.494. The minimum absolute atomic E-state index is 0.0207. The lowest BCUT2D eigenvalue weighted by atomic mass is 10.0. The summed E-state index contributed by atoms with van der Waals surface area (Å²) in [6, 6.07) is 20.4. The molecule has 1 N–H and O–H groups in total. The molecule has 4 rings (SSSR count). The van der Waals surface area contributed by atoms with Crippen LogP contribution in [-0.4, -0.2) is 50.0 Å². The number of nitrogens with zero attached hydrogens (tertiary/aromatic N) is 2. The molecule has 7 nitrogen and oxygen atoms in total. The van der Waals surface area contributed by atoms with E-state index in [1.165, 1.54) is 4.31 Å². The summed E-state index contributed by atoms with van der Waals surface area (Å²) in [4.78, 5) is 29.4. The molecule has 1 aliphatic rings. The molecule has 1 atom stereocenters. The van der Waals surface area contributed by atoms with Gasteiger partial charge in [0.15, 0.2) is 0 Å². The highest BCUT2D eigenvalue weighted by atomic mass is 35.5. The van der Waals surface area contributed by atoms with Crippen molar-refractivity contribution in [2.45, 2.75) is 63.6 Å². The zero-order valence-corrected chi connectivity index (χ0v) is 27.1. The molecular weight excluding hydrogens is 629 g/mol. The molecule has 0 aromatic heterocycles. The number of rotatable bonds is 13. The molecular formula is C32H36Cl3N3O4S. The molecule has 0 unspecified atom stereocenters. The number of amides is 2. The van der Waals surface area contributed by atoms with Crippen LogP contribution in [0.3, 0.4) is 0 Å². The van der Waals surface area contributed by atoms with Crippen LogP contribution in [0.25, 0.3) is 0 Å². The second-order valence-corrected chi connectivity index (χ2v) is 14.1. The SMILES string of the molecule is CS(=O)(=O)N(CCCC(=O)N(Cc1ccc(Cl)cc1Cl)[C@H](Cc1ccccc1)C(=O)NC1CCCC1)c1ccc(Cl)cc1. The molecule has 0 bridgehead atoms. The number of sulfonamides is 1. The normalized spacial score (nSPS) is 14.3. The van der Waals surface area contributed by atoms with Gasteiger partial charge in [0.25, 0.3) is 0 Å². The lowest BCUT2D eigenvalue weighted by molar-refractivity contribution is -0.141. The smallest absolute Gasteiger partial charge is 0.243 e. The molecule has 0 aliphatic heterocycles. The molecule has 0 radical (unpaired) electrons. The van der Waals surface area contributed by atoms with Crippen LogP contribution in [0.15, 0.2) is 72.8 Å². The topological polar surface area (TPSA) is 86.8 Å². The minimum Gasteiger partial charge on any atom is -0.352 e. The maximum absolute atomic E-state index is 14.0. The van der Waals surface area contributed by atoms with Crippen molar-refractivity contribution >= 4 is 62.3 Å². The summed E-state index contributed by atoms with van der Waals surface area (Å²) in [5.41, 5.74) is 2.03. The Morgan fingerprint density at radius 2 is 1.58 bits per heavy atom. The number of hydrogen-bond acceptors (Lipinski definition) is 4. The van der Waals surface area contributed by atoms with Crippen molar-refractivity contribution in [3.8, 4) is 0 Å². The summed E-state index contributed by atoms with van der Waals surface area (Å²) in [6.07, 6.45) is 5.63. The van der Waals surface area contributed by atoms with Crippen molar-refractivity contribution in [3.05, 3.63) is 99.0 Å². The van der Waals surface area contributed by atoms with E-state index in [1.807, 2.05) is 30.3 Å². The van der Waals surface area contributed by atoms with Crippen LogP contribution in [0.4, 0.5) is 5.69 Å². The van der Waals surface area contributed by atoms with Crippen LogP contribution in [0.2, 0.25) is 15.1 Å². The van der Waals surface area contributed by atoms with E-state index in [9.17, 15) is 18.0 Å². The number of hydrogen-bond donors (Lipinski definition) is 1. The Morgan fingerprint density at radius 1 is 0.930 bits per heavy atom. The third kappa shape index (κ3) is 9.60. The van der Waals surface area contributed by atoms with E-state index in [0.29, 0.717) is 32.7 Å². The second kappa shape index (κ2) is 15.3. The predicted molar refractivity (Wildman–Crippen MR) is 174 cm³/mol. The fourth-order valence-electron chi connectivity index (χ4n) is 5.37. The average molecular weight is 665 g/mol. The quantitative estimate of drug-likeness (QED) is 0.216. The fourth-order valence-corrected chi connectivity index (χ4v) is 6.93. The fraction of sp³-hybridized carbons (Fsp3) is 0.375. The van der Waals surface area contributed by atoms with Crippen LogP contribution < -0.4 is 9.62 Å². The Morgan fingerprint density at radius 3 is 2.21 bits per heavy atom. The van der Waals surface area contributed by atoms with E-state index in [0.717, 1.165) is 37.5 Å². The maximum Gasteiger partial charge on any atom is 0.243 e. The molecule has 43 heavy (non-hydrogen) atoms. The Kier molecular flexibility index (Phi) is 11.8. The Labute approximate surface area is 269 Å². The summed E-state index contributed by atoms with van der Waals surface area (Å²) < 4.78 is 26.5. The van der Waals surface area contributed by atoms with Gasteiger partial charge in [0.1, 0.15) is 6.04 Å². The van der Waals surface area contributed by atoms with Crippen LogP contribution >= 0.6 is 34.8 Å². The van der Waals surface area contributed by atoms with E-state index in [-0.39, 0.29) is 43.8 Å². The highest BCUT2D eigenvalue weighted by Gasteiger charge is 2.32. The highest BCUT2D eigenvalue weighted by molar-refractivity contribution is 7.92. The van der Waals surface area contributed by atoms with Crippen molar-refractivity contribution in [2.24, 2.45) is 0 Å². The highest BCUT2D eigenvalue weighted by Crippen LogP contribution is 2.26. The number of carbonyl (C=O) groups excluding carboxylic acids is 2. The first-order valence-electron chi connectivity index (χ1n) is 14.3. The molecule has 3 aromatic carbocycles. The third-order valence-corrected chi connectivity index (χ3v) is 9.63. The van der Waals surface area contributed by atoms with Gasteiger partial charge < -0.3 is 10.2 Å². The number of halogens is 3. The van der Waals surface area contributed by atoms with Gasteiger partial charge in [0.05, 0.1) is 11.9 Å². The molecule has 230 valence electrons. The van der Waals surface area contributed by atoms with E-state index in [2.05, 4.69) is 5.32 Å². The van der Waals surface area contributed by atoms with Crippen molar-refractivity contribution < 1.29 is 18.0 Å². The first-order valence-corrected chi connectivity index (χ1v) is 17.3. The maximum atomic E-state index is 14.0. The molecule has 2 amide bonds. The van der Waals surface area contributed by atoms with Crippen LogP contribution in [0, 0.1) is 0 Å². The molecule has 1 fully saturated rings. The van der Waals surface area contributed by atoms with Crippen molar-refractivity contribution in [2.75, 3.05) is 17.1 Å². The monoisotopic (exact) mass is 663 g/mol. The molecule has 0 saturated heterocycles. The third-order valence-electron chi connectivity index (χ3n) is 7.60. The summed E-state index contributed by atoms with van der Waals surface area (Å²) in [7, 11) is -3.62. The van der Waals surface area contributed by atoms with E-state index in [1.54, 1.807) is 47.4 Å². The molecule has 0 heterocycles. The Bertz CT molecular complexity index is 1500. The first-order chi connectivity index (χ1) is 20.5. The van der Waals surface area contributed by atoms with Crippen LogP contribution in [0.1, 0.15) is 49.7 Å². The summed E-state index contributed by atoms with van der Waals surface area (Å²) >= 11 is 18.7. The molecule has 0 spiro atoms.